The lowest BCUT2D eigenvalue weighted by atomic mass is 9.92. The lowest BCUT2D eigenvalue weighted by molar-refractivity contribution is 0.442. The fourth-order valence-electron chi connectivity index (χ4n) is 1.93. The molecule has 0 amide bonds. The topological polar surface area (TPSA) is 43.1 Å². The van der Waals surface area contributed by atoms with Crippen LogP contribution < -0.4 is 5.73 Å². The minimum Gasteiger partial charge on any atom is -0.324 e. The van der Waals surface area contributed by atoms with Crippen LogP contribution in [0, 0.1) is 5.92 Å². The number of fused-ring (bicyclic) bond motifs is 1. The van der Waals surface area contributed by atoms with E-state index in [0.29, 0.717) is 5.02 Å². The van der Waals surface area contributed by atoms with Gasteiger partial charge in [-0.15, -0.1) is 0 Å². The molecule has 1 aromatic carbocycles. The number of nitrogens with two attached hydrogens (primary N) is 1. The second kappa shape index (κ2) is 3.89. The first-order chi connectivity index (χ1) is 7.02. The summed E-state index contributed by atoms with van der Waals surface area (Å²) in [6.07, 6.45) is 0. The van der Waals surface area contributed by atoms with Crippen LogP contribution in [0.5, 0.6) is 0 Å². The van der Waals surface area contributed by atoms with Gasteiger partial charge in [0, 0.05) is 21.2 Å². The van der Waals surface area contributed by atoms with E-state index in [-0.39, 0.29) is 17.2 Å². The van der Waals surface area contributed by atoms with Gasteiger partial charge in [-0.1, -0.05) is 25.4 Å². The van der Waals surface area contributed by atoms with Gasteiger partial charge in [-0.25, -0.2) is 0 Å². The Kier molecular flexibility index (Phi) is 2.88. The number of rotatable bonds is 0. The molecule has 0 radical (unpaired) electrons. The van der Waals surface area contributed by atoms with E-state index in [0.717, 1.165) is 10.5 Å². The van der Waals surface area contributed by atoms with Gasteiger partial charge in [0.05, 0.1) is 10.8 Å². The Hall–Kier alpha value is -0.380. The SMILES string of the molecule is CC1C(N)c2cc(Cl)ccc2S(=O)C1C. The molecule has 4 atom stereocenters. The summed E-state index contributed by atoms with van der Waals surface area (Å²) in [5, 5.41) is 0.761. The predicted molar refractivity (Wildman–Crippen MR) is 63.4 cm³/mol. The van der Waals surface area contributed by atoms with E-state index in [1.54, 1.807) is 6.07 Å². The largest absolute Gasteiger partial charge is 0.324 e. The Balaban J connectivity index is 2.59. The summed E-state index contributed by atoms with van der Waals surface area (Å²) in [5.41, 5.74) is 7.05. The smallest absolute Gasteiger partial charge is 0.0564 e. The molecule has 0 aromatic heterocycles. The van der Waals surface area contributed by atoms with E-state index in [2.05, 4.69) is 0 Å². The number of benzene rings is 1. The van der Waals surface area contributed by atoms with Gasteiger partial charge in [-0.3, -0.25) is 4.21 Å². The molecule has 0 bridgehead atoms. The maximum Gasteiger partial charge on any atom is 0.0564 e. The second-order valence-corrected chi connectivity index (χ2v) is 6.28. The molecule has 1 heterocycles. The summed E-state index contributed by atoms with van der Waals surface area (Å²) in [7, 11) is -0.958. The summed E-state index contributed by atoms with van der Waals surface area (Å²) in [6.45, 7) is 4.02. The summed E-state index contributed by atoms with van der Waals surface area (Å²) in [4.78, 5) is 0.845. The van der Waals surface area contributed by atoms with Crippen LogP contribution in [-0.4, -0.2) is 9.46 Å². The van der Waals surface area contributed by atoms with E-state index in [9.17, 15) is 4.21 Å². The summed E-state index contributed by atoms with van der Waals surface area (Å²) >= 11 is 5.92. The van der Waals surface area contributed by atoms with Crippen LogP contribution in [0.3, 0.4) is 0 Å². The van der Waals surface area contributed by atoms with Crippen molar-refractivity contribution in [3.63, 3.8) is 0 Å². The molecule has 2 rings (SSSR count). The molecule has 4 heteroatoms. The van der Waals surface area contributed by atoms with Crippen LogP contribution >= 0.6 is 11.6 Å². The minimum atomic E-state index is -0.958. The molecule has 2 N–H and O–H groups in total. The number of halogens is 1. The predicted octanol–water partition coefficient (Wildman–Crippen LogP) is 2.49. The van der Waals surface area contributed by atoms with Gasteiger partial charge < -0.3 is 5.73 Å². The van der Waals surface area contributed by atoms with E-state index in [4.69, 9.17) is 17.3 Å². The van der Waals surface area contributed by atoms with Gasteiger partial charge in [0.15, 0.2) is 0 Å². The molecule has 1 aliphatic rings. The van der Waals surface area contributed by atoms with Crippen molar-refractivity contribution < 1.29 is 4.21 Å². The van der Waals surface area contributed by atoms with Gasteiger partial charge in [0.1, 0.15) is 0 Å². The maximum absolute atomic E-state index is 12.1. The lowest BCUT2D eigenvalue weighted by Gasteiger charge is -2.32. The van der Waals surface area contributed by atoms with Crippen molar-refractivity contribution in [1.29, 1.82) is 0 Å². The monoisotopic (exact) mass is 243 g/mol. The fourth-order valence-corrected chi connectivity index (χ4v) is 3.70. The highest BCUT2D eigenvalue weighted by molar-refractivity contribution is 7.85. The minimum absolute atomic E-state index is 0.0635. The Labute approximate surface area is 97.3 Å². The second-order valence-electron chi connectivity index (χ2n) is 4.07. The average molecular weight is 244 g/mol. The van der Waals surface area contributed by atoms with E-state index in [1.165, 1.54) is 0 Å². The van der Waals surface area contributed by atoms with Crippen LogP contribution in [0.1, 0.15) is 25.5 Å². The van der Waals surface area contributed by atoms with Crippen LogP contribution in [0.15, 0.2) is 23.1 Å². The molecule has 0 fully saturated rings. The number of hydrogen-bond donors (Lipinski definition) is 1. The van der Waals surface area contributed by atoms with Gasteiger partial charge >= 0.3 is 0 Å². The Bertz CT molecular complexity index is 421. The van der Waals surface area contributed by atoms with Gasteiger partial charge in [0.2, 0.25) is 0 Å². The van der Waals surface area contributed by atoms with Crippen LogP contribution in [0.4, 0.5) is 0 Å². The van der Waals surface area contributed by atoms with Gasteiger partial charge in [0.25, 0.3) is 0 Å². The first-order valence-electron chi connectivity index (χ1n) is 4.98. The molecule has 82 valence electrons. The van der Waals surface area contributed by atoms with E-state index < -0.39 is 10.8 Å². The molecular weight excluding hydrogens is 230 g/mol. The molecule has 2 nitrogen and oxygen atoms in total. The molecule has 1 aliphatic heterocycles. The van der Waals surface area contributed by atoms with Crippen molar-refractivity contribution in [2.24, 2.45) is 11.7 Å². The molecule has 0 aliphatic carbocycles. The van der Waals surface area contributed by atoms with E-state index >= 15 is 0 Å². The molecule has 0 saturated heterocycles. The van der Waals surface area contributed by atoms with Crippen LogP contribution in [-0.2, 0) is 10.8 Å². The van der Waals surface area contributed by atoms with Crippen molar-refractivity contribution in [3.8, 4) is 0 Å². The third-order valence-electron chi connectivity index (χ3n) is 3.19. The quantitative estimate of drug-likeness (QED) is 0.761. The first kappa shape index (κ1) is 11.1. The Morgan fingerprint density at radius 3 is 2.73 bits per heavy atom. The molecule has 4 unspecified atom stereocenters. The highest BCUT2D eigenvalue weighted by Crippen LogP contribution is 2.37. The van der Waals surface area contributed by atoms with Crippen molar-refractivity contribution in [1.82, 2.24) is 0 Å². The zero-order chi connectivity index (χ0) is 11.2. The molecule has 0 saturated carbocycles. The Morgan fingerprint density at radius 1 is 1.40 bits per heavy atom. The first-order valence-corrected chi connectivity index (χ1v) is 6.57. The van der Waals surface area contributed by atoms with Crippen molar-refractivity contribution in [3.05, 3.63) is 28.8 Å². The summed E-state index contributed by atoms with van der Waals surface area (Å²) < 4.78 is 12.1. The lowest BCUT2D eigenvalue weighted by Crippen LogP contribution is -2.36. The van der Waals surface area contributed by atoms with Crippen molar-refractivity contribution >= 4 is 22.4 Å². The van der Waals surface area contributed by atoms with Crippen molar-refractivity contribution in [2.45, 2.75) is 30.0 Å². The van der Waals surface area contributed by atoms with Crippen molar-refractivity contribution in [2.75, 3.05) is 0 Å². The fraction of sp³-hybridized carbons (Fsp3) is 0.455. The number of hydrogen-bond acceptors (Lipinski definition) is 2. The average Bonchev–Trinajstić information content (AvgIpc) is 2.23. The molecule has 15 heavy (non-hydrogen) atoms. The molecule has 1 aromatic rings. The summed E-state index contributed by atoms with van der Waals surface area (Å²) in [5.74, 6) is 0.219. The molecule has 0 spiro atoms. The van der Waals surface area contributed by atoms with Crippen LogP contribution in [0.25, 0.3) is 0 Å². The molecular formula is C11H14ClNOS. The normalized spacial score (nSPS) is 34.9. The van der Waals surface area contributed by atoms with Crippen LogP contribution in [0.2, 0.25) is 5.02 Å². The van der Waals surface area contributed by atoms with Gasteiger partial charge in [-0.2, -0.15) is 0 Å². The van der Waals surface area contributed by atoms with Gasteiger partial charge in [-0.05, 0) is 29.7 Å². The highest BCUT2D eigenvalue weighted by atomic mass is 35.5. The third kappa shape index (κ3) is 1.73. The summed E-state index contributed by atoms with van der Waals surface area (Å²) in [6, 6.07) is 5.37. The highest BCUT2D eigenvalue weighted by Gasteiger charge is 2.34. The Morgan fingerprint density at radius 2 is 2.07 bits per heavy atom. The standard InChI is InChI=1S/C11H14ClNOS/c1-6-7(2)15(14)10-4-3-8(12)5-9(10)11(6)13/h3-7,11H,13H2,1-2H3. The maximum atomic E-state index is 12.1. The third-order valence-corrected chi connectivity index (χ3v) is 5.34. The van der Waals surface area contributed by atoms with E-state index in [1.807, 2.05) is 26.0 Å². The zero-order valence-electron chi connectivity index (χ0n) is 8.74. The zero-order valence-corrected chi connectivity index (χ0v) is 10.3.